The van der Waals surface area contributed by atoms with E-state index in [1.54, 1.807) is 12.1 Å². The van der Waals surface area contributed by atoms with E-state index >= 15 is 0 Å². The van der Waals surface area contributed by atoms with Crippen molar-refractivity contribution in [2.75, 3.05) is 12.4 Å². The molecule has 0 aliphatic heterocycles. The zero-order valence-corrected chi connectivity index (χ0v) is 17.7. The fourth-order valence-corrected chi connectivity index (χ4v) is 5.19. The number of amides is 2. The zero-order valence-electron chi connectivity index (χ0n) is 16.0. The predicted molar refractivity (Wildman–Crippen MR) is 115 cm³/mol. The molecule has 28 heavy (non-hydrogen) atoms. The van der Waals surface area contributed by atoms with Crippen molar-refractivity contribution in [3.63, 3.8) is 0 Å². The summed E-state index contributed by atoms with van der Waals surface area (Å²) in [5.41, 5.74) is 8.35. The molecule has 3 rings (SSSR count). The van der Waals surface area contributed by atoms with Crippen LogP contribution >= 0.6 is 23.6 Å². The first kappa shape index (κ1) is 20.3. The molecule has 0 bridgehead atoms. The van der Waals surface area contributed by atoms with Crippen LogP contribution in [0.1, 0.15) is 50.1 Å². The van der Waals surface area contributed by atoms with Crippen LogP contribution in [-0.2, 0) is 12.8 Å². The summed E-state index contributed by atoms with van der Waals surface area (Å²) in [5, 5.41) is 6.36. The fraction of sp³-hybridized carbons (Fsp3) is 0.350. The number of nitrogens with two attached hydrogens (primary N) is 1. The number of fused-ring (bicyclic) bond motifs is 1. The highest BCUT2D eigenvalue weighted by atomic mass is 32.1. The second kappa shape index (κ2) is 8.28. The standard InChI is InChI=1S/C20H23N3O3S2/c1-10-7-8-12-14(9-10)28-19(15(12)17(21)24)23-20(27)22-18(25)13-6-4-5-11(2)16(13)26-3/h4-6,10H,7-9H2,1-3H3,(H2,21,24)(H2,22,23,25,27)/t10-/m0/s1. The van der Waals surface area contributed by atoms with Gasteiger partial charge in [-0.05, 0) is 61.5 Å². The largest absolute Gasteiger partial charge is 0.496 e. The lowest BCUT2D eigenvalue weighted by molar-refractivity contribution is 0.0972. The van der Waals surface area contributed by atoms with Gasteiger partial charge in [-0.15, -0.1) is 11.3 Å². The second-order valence-corrected chi connectivity index (χ2v) is 8.50. The summed E-state index contributed by atoms with van der Waals surface area (Å²) in [6, 6.07) is 5.31. The molecule has 6 nitrogen and oxygen atoms in total. The number of benzene rings is 1. The lowest BCUT2D eigenvalue weighted by Gasteiger charge is -2.18. The summed E-state index contributed by atoms with van der Waals surface area (Å²) in [5.74, 6) is 0.207. The number of aryl methyl sites for hydroxylation is 1. The van der Waals surface area contributed by atoms with Crippen LogP contribution in [0.25, 0.3) is 0 Å². The molecule has 1 heterocycles. The number of primary amides is 1. The van der Waals surface area contributed by atoms with Crippen molar-refractivity contribution >= 4 is 45.5 Å². The molecule has 1 atom stereocenters. The second-order valence-electron chi connectivity index (χ2n) is 6.98. The molecular formula is C20H23N3O3S2. The number of para-hydroxylation sites is 1. The van der Waals surface area contributed by atoms with Crippen LogP contribution in [0.3, 0.4) is 0 Å². The first-order valence-corrected chi connectivity index (χ1v) is 10.2. The summed E-state index contributed by atoms with van der Waals surface area (Å²) < 4.78 is 5.33. The maximum Gasteiger partial charge on any atom is 0.261 e. The van der Waals surface area contributed by atoms with E-state index in [-0.39, 0.29) is 11.0 Å². The third-order valence-corrected chi connectivity index (χ3v) is 6.25. The van der Waals surface area contributed by atoms with Crippen molar-refractivity contribution in [3.05, 3.63) is 45.3 Å². The first-order chi connectivity index (χ1) is 13.3. The lowest BCUT2D eigenvalue weighted by Crippen LogP contribution is -2.34. The molecule has 1 aliphatic rings. The van der Waals surface area contributed by atoms with Crippen molar-refractivity contribution in [1.82, 2.24) is 5.32 Å². The summed E-state index contributed by atoms with van der Waals surface area (Å²) in [7, 11) is 1.52. The Kier molecular flexibility index (Phi) is 6.00. The van der Waals surface area contributed by atoms with E-state index in [9.17, 15) is 9.59 Å². The quantitative estimate of drug-likeness (QED) is 0.663. The highest BCUT2D eigenvalue weighted by Crippen LogP contribution is 2.39. The van der Waals surface area contributed by atoms with Gasteiger partial charge in [0.15, 0.2) is 5.11 Å². The van der Waals surface area contributed by atoms with E-state index in [4.69, 9.17) is 22.7 Å². The molecule has 1 aromatic carbocycles. The van der Waals surface area contributed by atoms with E-state index in [0.717, 1.165) is 35.3 Å². The Balaban J connectivity index is 1.80. The number of hydrogen-bond donors (Lipinski definition) is 3. The Morgan fingerprint density at radius 1 is 1.36 bits per heavy atom. The van der Waals surface area contributed by atoms with Gasteiger partial charge in [0.25, 0.3) is 11.8 Å². The molecule has 1 aliphatic carbocycles. The van der Waals surface area contributed by atoms with Crippen molar-refractivity contribution in [2.24, 2.45) is 11.7 Å². The minimum absolute atomic E-state index is 0.114. The zero-order chi connectivity index (χ0) is 20.4. The van der Waals surface area contributed by atoms with Crippen LogP contribution in [0.5, 0.6) is 5.75 Å². The van der Waals surface area contributed by atoms with Crippen LogP contribution < -0.4 is 21.1 Å². The van der Waals surface area contributed by atoms with Crippen LogP contribution in [0.2, 0.25) is 0 Å². The van der Waals surface area contributed by atoms with E-state index in [1.165, 1.54) is 18.4 Å². The van der Waals surface area contributed by atoms with Gasteiger partial charge in [-0.25, -0.2) is 0 Å². The SMILES string of the molecule is COc1c(C)cccc1C(=O)NC(=S)Nc1sc2c(c1C(N)=O)CC[C@H](C)C2. The molecule has 0 radical (unpaired) electrons. The number of rotatable bonds is 4. The molecule has 2 aromatic rings. The minimum Gasteiger partial charge on any atom is -0.496 e. The smallest absolute Gasteiger partial charge is 0.261 e. The summed E-state index contributed by atoms with van der Waals surface area (Å²) >= 11 is 6.79. The maximum absolute atomic E-state index is 12.6. The van der Waals surface area contributed by atoms with Gasteiger partial charge in [-0.1, -0.05) is 19.1 Å². The average Bonchev–Trinajstić information content (AvgIpc) is 2.97. The van der Waals surface area contributed by atoms with Crippen LogP contribution in [0.15, 0.2) is 18.2 Å². The highest BCUT2D eigenvalue weighted by Gasteiger charge is 2.27. The number of hydrogen-bond acceptors (Lipinski definition) is 5. The van der Waals surface area contributed by atoms with Crippen LogP contribution in [0, 0.1) is 12.8 Å². The molecule has 0 saturated carbocycles. The molecule has 0 unspecified atom stereocenters. The number of thiocarbonyl (C=S) groups is 1. The number of carbonyl (C=O) groups is 2. The van der Waals surface area contributed by atoms with Gasteiger partial charge in [0.1, 0.15) is 10.8 Å². The van der Waals surface area contributed by atoms with E-state index in [1.807, 2.05) is 13.0 Å². The number of thiophene rings is 1. The lowest BCUT2D eigenvalue weighted by atomic mass is 9.88. The molecule has 4 N–H and O–H groups in total. The molecule has 1 aromatic heterocycles. The van der Waals surface area contributed by atoms with Crippen LogP contribution in [0.4, 0.5) is 5.00 Å². The molecular weight excluding hydrogens is 394 g/mol. The number of methoxy groups -OCH3 is 1. The Morgan fingerprint density at radius 3 is 2.79 bits per heavy atom. The Hall–Kier alpha value is -2.45. The molecule has 148 valence electrons. The maximum atomic E-state index is 12.6. The van der Waals surface area contributed by atoms with E-state index < -0.39 is 5.91 Å². The molecule has 0 spiro atoms. The van der Waals surface area contributed by atoms with Crippen molar-refractivity contribution in [2.45, 2.75) is 33.1 Å². The summed E-state index contributed by atoms with van der Waals surface area (Å²) in [6.07, 6.45) is 2.77. The van der Waals surface area contributed by atoms with Gasteiger partial charge in [-0.2, -0.15) is 0 Å². The van der Waals surface area contributed by atoms with E-state index in [0.29, 0.717) is 27.8 Å². The van der Waals surface area contributed by atoms with E-state index in [2.05, 4.69) is 17.6 Å². The third-order valence-electron chi connectivity index (χ3n) is 4.87. The topological polar surface area (TPSA) is 93.4 Å². The molecule has 2 amide bonds. The van der Waals surface area contributed by atoms with Crippen molar-refractivity contribution in [1.29, 1.82) is 0 Å². The Labute approximate surface area is 173 Å². The van der Waals surface area contributed by atoms with Gasteiger partial charge >= 0.3 is 0 Å². The highest BCUT2D eigenvalue weighted by molar-refractivity contribution is 7.80. The predicted octanol–water partition coefficient (Wildman–Crippen LogP) is 3.42. The Morgan fingerprint density at radius 2 is 2.11 bits per heavy atom. The normalized spacial score (nSPS) is 15.5. The number of carbonyl (C=O) groups excluding carboxylic acids is 2. The number of anilines is 1. The van der Waals surface area contributed by atoms with Gasteiger partial charge in [0, 0.05) is 4.88 Å². The number of nitrogens with one attached hydrogen (secondary N) is 2. The van der Waals surface area contributed by atoms with Gasteiger partial charge in [0.2, 0.25) is 0 Å². The monoisotopic (exact) mass is 417 g/mol. The van der Waals surface area contributed by atoms with Crippen molar-refractivity contribution < 1.29 is 14.3 Å². The summed E-state index contributed by atoms with van der Waals surface area (Å²) in [6.45, 7) is 4.06. The van der Waals surface area contributed by atoms with Crippen molar-refractivity contribution in [3.8, 4) is 5.75 Å². The molecule has 0 saturated heterocycles. The van der Waals surface area contributed by atoms with Gasteiger partial charge < -0.3 is 15.8 Å². The van der Waals surface area contributed by atoms with Crippen LogP contribution in [-0.4, -0.2) is 24.0 Å². The van der Waals surface area contributed by atoms with Gasteiger partial charge in [-0.3, -0.25) is 14.9 Å². The number of ether oxygens (including phenoxy) is 1. The van der Waals surface area contributed by atoms with Gasteiger partial charge in [0.05, 0.1) is 18.2 Å². The average molecular weight is 418 g/mol. The fourth-order valence-electron chi connectivity index (χ4n) is 3.51. The minimum atomic E-state index is -0.482. The first-order valence-electron chi connectivity index (χ1n) is 9.02. The molecule has 0 fully saturated rings. The Bertz CT molecular complexity index is 952. The summed E-state index contributed by atoms with van der Waals surface area (Å²) in [4.78, 5) is 25.8. The third kappa shape index (κ3) is 4.02. The molecule has 8 heteroatoms.